The number of benzene rings is 4. The zero-order valence-corrected chi connectivity index (χ0v) is 20.1. The van der Waals surface area contributed by atoms with Gasteiger partial charge in [0, 0.05) is 16.2 Å². The molecule has 1 aliphatic rings. The molecule has 0 radical (unpaired) electrons. The second-order valence-corrected chi connectivity index (χ2v) is 8.78. The van der Waals surface area contributed by atoms with Gasteiger partial charge in [0.25, 0.3) is 5.91 Å². The first-order chi connectivity index (χ1) is 17.5. The molecule has 0 atom stereocenters. The van der Waals surface area contributed by atoms with E-state index in [0.29, 0.717) is 21.8 Å². The third-order valence-corrected chi connectivity index (χ3v) is 6.38. The van der Waals surface area contributed by atoms with E-state index >= 15 is 4.39 Å². The van der Waals surface area contributed by atoms with Crippen molar-refractivity contribution in [1.82, 2.24) is 0 Å². The average molecular weight is 498 g/mol. The molecule has 0 saturated heterocycles. The minimum Gasteiger partial charge on any atom is -0.465 e. The van der Waals surface area contributed by atoms with Gasteiger partial charge in [-0.15, -0.1) is 0 Å². The van der Waals surface area contributed by atoms with Gasteiger partial charge in [0.1, 0.15) is 5.82 Å². The minimum atomic E-state index is -0.482. The zero-order valence-electron chi connectivity index (χ0n) is 19.4. The summed E-state index contributed by atoms with van der Waals surface area (Å²) in [7, 11) is 1.32. The highest BCUT2D eigenvalue weighted by molar-refractivity contribution is 6.39. The Labute approximate surface area is 213 Å². The summed E-state index contributed by atoms with van der Waals surface area (Å²) < 4.78 is 20.2. The predicted molar refractivity (Wildman–Crippen MR) is 139 cm³/mol. The van der Waals surface area contributed by atoms with Gasteiger partial charge in [0.05, 0.1) is 30.5 Å². The van der Waals surface area contributed by atoms with Crippen molar-refractivity contribution in [1.29, 1.82) is 0 Å². The number of halogens is 2. The number of hydrogen-bond donors (Lipinski definition) is 0. The van der Waals surface area contributed by atoms with E-state index in [0.717, 1.165) is 16.7 Å². The van der Waals surface area contributed by atoms with Crippen LogP contribution < -0.4 is 4.90 Å². The summed E-state index contributed by atoms with van der Waals surface area (Å²) in [4.78, 5) is 27.6. The van der Waals surface area contributed by atoms with Gasteiger partial charge in [-0.05, 0) is 53.1 Å². The molecular formula is C30H21ClFNO3. The lowest BCUT2D eigenvalue weighted by Gasteiger charge is -2.18. The van der Waals surface area contributed by atoms with Gasteiger partial charge in [-0.25, -0.2) is 9.18 Å². The Hall–Kier alpha value is -4.22. The lowest BCUT2D eigenvalue weighted by molar-refractivity contribution is -0.113. The molecule has 0 aromatic heterocycles. The number of carbonyl (C=O) groups is 2. The van der Waals surface area contributed by atoms with E-state index in [1.165, 1.54) is 13.2 Å². The summed E-state index contributed by atoms with van der Waals surface area (Å²) in [5.41, 5.74) is 4.25. The number of esters is 1. The predicted octanol–water partition coefficient (Wildman–Crippen LogP) is 6.77. The van der Waals surface area contributed by atoms with Crippen molar-refractivity contribution < 1.29 is 18.7 Å². The maximum absolute atomic E-state index is 15.4. The van der Waals surface area contributed by atoms with Gasteiger partial charge < -0.3 is 9.64 Å². The Morgan fingerprint density at radius 1 is 0.861 bits per heavy atom. The van der Waals surface area contributed by atoms with Gasteiger partial charge in [0.2, 0.25) is 0 Å². The van der Waals surface area contributed by atoms with E-state index in [4.69, 9.17) is 16.3 Å². The Kier molecular flexibility index (Phi) is 6.40. The Morgan fingerprint density at radius 3 is 2.25 bits per heavy atom. The molecule has 36 heavy (non-hydrogen) atoms. The zero-order chi connectivity index (χ0) is 25.2. The molecule has 0 aliphatic carbocycles. The first-order valence-corrected chi connectivity index (χ1v) is 11.7. The van der Waals surface area contributed by atoms with Crippen molar-refractivity contribution in [2.24, 2.45) is 0 Å². The average Bonchev–Trinajstić information content (AvgIpc) is 3.18. The summed E-state index contributed by atoms with van der Waals surface area (Å²) in [6.07, 6.45) is 0. The molecule has 1 aliphatic heterocycles. The smallest absolute Gasteiger partial charge is 0.337 e. The van der Waals surface area contributed by atoms with Crippen LogP contribution in [0.5, 0.6) is 0 Å². The van der Waals surface area contributed by atoms with Crippen LogP contribution in [0.25, 0.3) is 11.1 Å². The number of hydrogen-bond acceptors (Lipinski definition) is 3. The Morgan fingerprint density at radius 2 is 1.53 bits per heavy atom. The van der Waals surface area contributed by atoms with Crippen molar-refractivity contribution in [2.45, 2.75) is 6.54 Å². The van der Waals surface area contributed by atoms with E-state index in [9.17, 15) is 9.59 Å². The van der Waals surface area contributed by atoms with Crippen LogP contribution in [-0.2, 0) is 16.1 Å². The number of nitrogens with zero attached hydrogens (tertiary/aromatic N) is 1. The molecule has 1 amide bonds. The molecule has 5 rings (SSSR count). The van der Waals surface area contributed by atoms with Crippen LogP contribution in [0.3, 0.4) is 0 Å². The lowest BCUT2D eigenvalue weighted by atomic mass is 9.90. The first kappa shape index (κ1) is 23.5. The third-order valence-electron chi connectivity index (χ3n) is 6.13. The van der Waals surface area contributed by atoms with E-state index < -0.39 is 11.8 Å². The van der Waals surface area contributed by atoms with Crippen LogP contribution in [0.4, 0.5) is 10.1 Å². The first-order valence-electron chi connectivity index (χ1n) is 11.3. The summed E-state index contributed by atoms with van der Waals surface area (Å²) >= 11 is 6.13. The summed E-state index contributed by atoms with van der Waals surface area (Å²) in [6, 6.07) is 28.1. The van der Waals surface area contributed by atoms with Crippen molar-refractivity contribution in [2.75, 3.05) is 12.0 Å². The number of fused-ring (bicyclic) bond motifs is 1. The molecular weight excluding hydrogens is 477 g/mol. The van der Waals surface area contributed by atoms with Gasteiger partial charge >= 0.3 is 5.97 Å². The van der Waals surface area contributed by atoms with E-state index in [-0.39, 0.29) is 23.6 Å². The standard InChI is InChI=1S/C30H21ClFNO3/c1-36-30(35)22-10-5-7-19(17-22)18-33-25-12-6-11-24(32)27(25)28(29(33)34)26(20-8-3-2-4-9-20)21-13-15-23(31)16-14-21/h2-17H,18H2,1H3. The molecule has 178 valence electrons. The molecule has 4 aromatic carbocycles. The monoisotopic (exact) mass is 497 g/mol. The molecule has 0 spiro atoms. The number of ether oxygens (including phenoxy) is 1. The van der Waals surface area contributed by atoms with E-state index in [2.05, 4.69) is 0 Å². The maximum Gasteiger partial charge on any atom is 0.337 e. The van der Waals surface area contributed by atoms with Crippen LogP contribution in [-0.4, -0.2) is 19.0 Å². The summed E-state index contributed by atoms with van der Waals surface area (Å²) in [5, 5.41) is 0.563. The molecule has 4 aromatic rings. The number of amides is 1. The van der Waals surface area contributed by atoms with Gasteiger partial charge in [-0.1, -0.05) is 72.3 Å². The van der Waals surface area contributed by atoms with Crippen LogP contribution in [0, 0.1) is 5.82 Å². The fourth-order valence-electron chi connectivity index (χ4n) is 4.50. The van der Waals surface area contributed by atoms with Crippen LogP contribution >= 0.6 is 11.6 Å². The summed E-state index contributed by atoms with van der Waals surface area (Å²) in [5.74, 6) is -1.28. The SMILES string of the molecule is COC(=O)c1cccc(CN2C(=O)C(=C(c3ccccc3)c3ccc(Cl)cc3)c3c(F)cccc32)c1. The maximum atomic E-state index is 15.4. The van der Waals surface area contributed by atoms with Gasteiger partial charge in [-0.3, -0.25) is 4.79 Å². The molecule has 0 unspecified atom stereocenters. The molecule has 4 nitrogen and oxygen atoms in total. The number of methoxy groups -OCH3 is 1. The van der Waals surface area contributed by atoms with Crippen LogP contribution in [0.2, 0.25) is 5.02 Å². The van der Waals surface area contributed by atoms with Crippen molar-refractivity contribution >= 4 is 40.3 Å². The molecule has 1 heterocycles. The highest BCUT2D eigenvalue weighted by Crippen LogP contribution is 2.45. The highest BCUT2D eigenvalue weighted by atomic mass is 35.5. The topological polar surface area (TPSA) is 46.6 Å². The Bertz CT molecular complexity index is 1500. The molecule has 6 heteroatoms. The quantitative estimate of drug-likeness (QED) is 0.226. The number of carbonyl (C=O) groups excluding carboxylic acids is 2. The molecule has 0 fully saturated rings. The second kappa shape index (κ2) is 9.80. The van der Waals surface area contributed by atoms with Gasteiger partial charge in [-0.2, -0.15) is 0 Å². The van der Waals surface area contributed by atoms with Crippen molar-refractivity contribution in [3.8, 4) is 0 Å². The van der Waals surface area contributed by atoms with Crippen LogP contribution in [0.1, 0.15) is 32.6 Å². The lowest BCUT2D eigenvalue weighted by Crippen LogP contribution is -2.26. The van der Waals surface area contributed by atoms with Crippen LogP contribution in [0.15, 0.2) is 97.1 Å². The molecule has 0 saturated carbocycles. The molecule has 0 bridgehead atoms. The Balaban J connectivity index is 1.70. The largest absolute Gasteiger partial charge is 0.465 e. The highest BCUT2D eigenvalue weighted by Gasteiger charge is 2.37. The minimum absolute atomic E-state index is 0.159. The number of rotatable bonds is 5. The van der Waals surface area contributed by atoms with Crippen molar-refractivity contribution in [3.05, 3.63) is 136 Å². The molecule has 0 N–H and O–H groups in total. The fraction of sp³-hybridized carbons (Fsp3) is 0.0667. The normalized spacial score (nSPS) is 14.0. The van der Waals surface area contributed by atoms with E-state index in [1.807, 2.05) is 48.5 Å². The van der Waals surface area contributed by atoms with Gasteiger partial charge in [0.15, 0.2) is 0 Å². The number of anilines is 1. The van der Waals surface area contributed by atoms with Crippen molar-refractivity contribution in [3.63, 3.8) is 0 Å². The fourth-order valence-corrected chi connectivity index (χ4v) is 4.63. The second-order valence-electron chi connectivity index (χ2n) is 8.34. The summed E-state index contributed by atoms with van der Waals surface area (Å²) in [6.45, 7) is 0.159. The van der Waals surface area contributed by atoms with E-state index in [1.54, 1.807) is 47.4 Å². The third kappa shape index (κ3) is 4.30.